The summed E-state index contributed by atoms with van der Waals surface area (Å²) in [6, 6.07) is 5.61. The van der Waals surface area contributed by atoms with Gasteiger partial charge in [-0.2, -0.15) is 0 Å². The lowest BCUT2D eigenvalue weighted by atomic mass is 9.93. The second kappa shape index (κ2) is 5.73. The third-order valence-corrected chi connectivity index (χ3v) is 4.59. The van der Waals surface area contributed by atoms with Crippen LogP contribution < -0.4 is 0 Å². The third-order valence-electron chi connectivity index (χ3n) is 4.59. The molecule has 120 valence electrons. The molecule has 1 amide bonds. The number of nitrogens with zero attached hydrogens (tertiary/aromatic N) is 4. The molecule has 0 radical (unpaired) electrons. The number of carbonyl (C=O) groups is 1. The molecular formula is C16H18N4O3. The minimum Gasteiger partial charge on any atom is -0.425 e. The molecule has 0 aromatic carbocycles. The van der Waals surface area contributed by atoms with Crippen LogP contribution in [0.5, 0.6) is 0 Å². The molecule has 0 bridgehead atoms. The fourth-order valence-electron chi connectivity index (χ4n) is 3.40. The summed E-state index contributed by atoms with van der Waals surface area (Å²) in [7, 11) is 0. The zero-order valence-electron chi connectivity index (χ0n) is 12.9. The highest BCUT2D eigenvalue weighted by molar-refractivity contribution is 5.78. The van der Waals surface area contributed by atoms with E-state index in [0.717, 1.165) is 5.69 Å². The van der Waals surface area contributed by atoms with Crippen LogP contribution >= 0.6 is 0 Å². The lowest BCUT2D eigenvalue weighted by molar-refractivity contribution is -0.130. The van der Waals surface area contributed by atoms with E-state index in [4.69, 9.17) is 9.15 Å². The molecule has 0 unspecified atom stereocenters. The molecule has 2 aliphatic rings. The van der Waals surface area contributed by atoms with Crippen LogP contribution in [0.3, 0.4) is 0 Å². The maximum atomic E-state index is 12.5. The second-order valence-corrected chi connectivity index (χ2v) is 6.10. The zero-order valence-corrected chi connectivity index (χ0v) is 12.9. The summed E-state index contributed by atoms with van der Waals surface area (Å²) in [6.45, 7) is 3.66. The smallest absolute Gasteiger partial charge is 0.228 e. The third kappa shape index (κ3) is 2.72. The Labute approximate surface area is 133 Å². The number of carbonyl (C=O) groups excluding carboxylic acids is 1. The average Bonchev–Trinajstić information content (AvgIpc) is 3.23. The van der Waals surface area contributed by atoms with Gasteiger partial charge in [-0.25, -0.2) is 0 Å². The molecule has 2 aromatic rings. The molecule has 0 N–H and O–H groups in total. The molecule has 4 rings (SSSR count). The lowest BCUT2D eigenvalue weighted by Gasteiger charge is -2.18. The average molecular weight is 314 g/mol. The number of rotatable bonds is 3. The fraction of sp³-hybridized carbons (Fsp3) is 0.500. The molecule has 4 heterocycles. The van der Waals surface area contributed by atoms with E-state index in [-0.39, 0.29) is 23.8 Å². The molecule has 2 fully saturated rings. The van der Waals surface area contributed by atoms with E-state index in [9.17, 15) is 4.79 Å². The SMILES string of the molecule is Cc1nnc([C@@H]2CO[C@@H]3CN(C(=O)Cc4ccccn4)C[C@@H]32)o1. The monoisotopic (exact) mass is 314 g/mol. The number of fused-ring (bicyclic) bond motifs is 1. The van der Waals surface area contributed by atoms with E-state index in [1.807, 2.05) is 23.1 Å². The number of hydrogen-bond donors (Lipinski definition) is 0. The zero-order chi connectivity index (χ0) is 15.8. The van der Waals surface area contributed by atoms with Gasteiger partial charge in [0.15, 0.2) is 0 Å². The van der Waals surface area contributed by atoms with Crippen molar-refractivity contribution in [3.05, 3.63) is 41.9 Å². The van der Waals surface area contributed by atoms with Crippen LogP contribution in [0, 0.1) is 12.8 Å². The highest BCUT2D eigenvalue weighted by Crippen LogP contribution is 2.39. The Balaban J connectivity index is 1.43. The van der Waals surface area contributed by atoms with Gasteiger partial charge in [0.25, 0.3) is 0 Å². The van der Waals surface area contributed by atoms with Gasteiger partial charge in [-0.15, -0.1) is 10.2 Å². The Bertz CT molecular complexity index is 702. The van der Waals surface area contributed by atoms with Gasteiger partial charge in [-0.05, 0) is 12.1 Å². The van der Waals surface area contributed by atoms with E-state index >= 15 is 0 Å². The molecule has 2 saturated heterocycles. The summed E-state index contributed by atoms with van der Waals surface area (Å²) in [5, 5.41) is 8.01. The molecule has 0 saturated carbocycles. The first kappa shape index (κ1) is 14.3. The molecule has 0 spiro atoms. The molecule has 2 aliphatic heterocycles. The van der Waals surface area contributed by atoms with E-state index in [0.29, 0.717) is 37.9 Å². The van der Waals surface area contributed by atoms with Crippen LogP contribution in [0.15, 0.2) is 28.8 Å². The minimum atomic E-state index is 0.0555. The van der Waals surface area contributed by atoms with Crippen molar-refractivity contribution in [1.29, 1.82) is 0 Å². The summed E-state index contributed by atoms with van der Waals surface area (Å²) in [5.41, 5.74) is 0.791. The van der Waals surface area contributed by atoms with Crippen molar-refractivity contribution in [2.75, 3.05) is 19.7 Å². The maximum absolute atomic E-state index is 12.5. The van der Waals surface area contributed by atoms with Crippen molar-refractivity contribution >= 4 is 5.91 Å². The molecule has 7 heteroatoms. The van der Waals surface area contributed by atoms with Gasteiger partial charge in [0, 0.05) is 37.8 Å². The Morgan fingerprint density at radius 1 is 1.35 bits per heavy atom. The van der Waals surface area contributed by atoms with Gasteiger partial charge in [0.2, 0.25) is 17.7 Å². The van der Waals surface area contributed by atoms with Gasteiger partial charge in [0.1, 0.15) is 0 Å². The first-order valence-electron chi connectivity index (χ1n) is 7.80. The number of likely N-dealkylation sites (tertiary alicyclic amines) is 1. The van der Waals surface area contributed by atoms with Crippen molar-refractivity contribution in [3.8, 4) is 0 Å². The summed E-state index contributed by atoms with van der Waals surface area (Å²) in [5.74, 6) is 1.57. The van der Waals surface area contributed by atoms with E-state index in [1.54, 1.807) is 13.1 Å². The first-order chi connectivity index (χ1) is 11.2. The van der Waals surface area contributed by atoms with E-state index in [1.165, 1.54) is 0 Å². The fourth-order valence-corrected chi connectivity index (χ4v) is 3.40. The van der Waals surface area contributed by atoms with Crippen molar-refractivity contribution < 1.29 is 13.9 Å². The molecule has 2 aromatic heterocycles. The maximum Gasteiger partial charge on any atom is 0.228 e. The summed E-state index contributed by atoms with van der Waals surface area (Å²) < 4.78 is 11.4. The van der Waals surface area contributed by atoms with Crippen molar-refractivity contribution in [2.24, 2.45) is 5.92 Å². The number of amides is 1. The molecule has 7 nitrogen and oxygen atoms in total. The topological polar surface area (TPSA) is 81.4 Å². The second-order valence-electron chi connectivity index (χ2n) is 6.10. The van der Waals surface area contributed by atoms with Crippen molar-refractivity contribution in [2.45, 2.75) is 25.4 Å². The number of ether oxygens (including phenoxy) is 1. The Morgan fingerprint density at radius 3 is 3.00 bits per heavy atom. The Morgan fingerprint density at radius 2 is 2.26 bits per heavy atom. The highest BCUT2D eigenvalue weighted by Gasteiger charge is 2.47. The predicted molar refractivity (Wildman–Crippen MR) is 79.5 cm³/mol. The number of pyridine rings is 1. The van der Waals surface area contributed by atoms with Crippen LogP contribution in [0.1, 0.15) is 23.4 Å². The summed E-state index contributed by atoms with van der Waals surface area (Å²) in [4.78, 5) is 18.5. The van der Waals surface area contributed by atoms with Gasteiger partial charge < -0.3 is 14.1 Å². The van der Waals surface area contributed by atoms with Crippen LogP contribution in [-0.2, 0) is 16.0 Å². The lowest BCUT2D eigenvalue weighted by Crippen LogP contribution is -2.32. The summed E-state index contributed by atoms with van der Waals surface area (Å²) >= 11 is 0. The summed E-state index contributed by atoms with van der Waals surface area (Å²) in [6.07, 6.45) is 2.09. The first-order valence-corrected chi connectivity index (χ1v) is 7.80. The standard InChI is InChI=1S/C16H18N4O3/c1-10-18-19-16(23-10)13-9-22-14-8-20(7-12(13)14)15(21)6-11-4-2-3-5-17-11/h2-5,12-14H,6-9H2,1H3/t12-,13-,14-/m1/s1. The number of hydrogen-bond acceptors (Lipinski definition) is 6. The van der Waals surface area contributed by atoms with Crippen LogP contribution in [-0.4, -0.2) is 51.8 Å². The molecular weight excluding hydrogens is 296 g/mol. The molecule has 0 aliphatic carbocycles. The van der Waals surface area contributed by atoms with Gasteiger partial charge >= 0.3 is 0 Å². The van der Waals surface area contributed by atoms with Gasteiger partial charge in [-0.1, -0.05) is 6.07 Å². The Hall–Kier alpha value is -2.28. The number of aromatic nitrogens is 3. The number of aryl methyl sites for hydroxylation is 1. The minimum absolute atomic E-state index is 0.0555. The largest absolute Gasteiger partial charge is 0.425 e. The molecule has 3 atom stereocenters. The molecule has 23 heavy (non-hydrogen) atoms. The van der Waals surface area contributed by atoms with E-state index < -0.39 is 0 Å². The predicted octanol–water partition coefficient (Wildman–Crippen LogP) is 0.957. The quantitative estimate of drug-likeness (QED) is 0.839. The van der Waals surface area contributed by atoms with Gasteiger partial charge in [-0.3, -0.25) is 9.78 Å². The van der Waals surface area contributed by atoms with Crippen molar-refractivity contribution in [3.63, 3.8) is 0 Å². The van der Waals surface area contributed by atoms with Crippen LogP contribution in [0.4, 0.5) is 0 Å². The van der Waals surface area contributed by atoms with E-state index in [2.05, 4.69) is 15.2 Å². The van der Waals surface area contributed by atoms with Crippen LogP contribution in [0.25, 0.3) is 0 Å². The Kier molecular flexibility index (Phi) is 3.57. The normalized spacial score (nSPS) is 26.5. The highest BCUT2D eigenvalue weighted by atomic mass is 16.5. The van der Waals surface area contributed by atoms with Crippen LogP contribution in [0.2, 0.25) is 0 Å². The van der Waals surface area contributed by atoms with Gasteiger partial charge in [0.05, 0.1) is 25.0 Å². The van der Waals surface area contributed by atoms with Crippen molar-refractivity contribution in [1.82, 2.24) is 20.1 Å².